The van der Waals surface area contributed by atoms with Crippen LogP contribution >= 0.6 is 0 Å². The minimum Gasteiger partial charge on any atom is -0.490 e. The highest BCUT2D eigenvalue weighted by molar-refractivity contribution is 5.70. The molecule has 0 amide bonds. The largest absolute Gasteiger partial charge is 0.490 e. The smallest absolute Gasteiger partial charge is 0.165 e. The molecule has 0 spiro atoms. The van der Waals surface area contributed by atoms with Gasteiger partial charge >= 0.3 is 0 Å². The van der Waals surface area contributed by atoms with Gasteiger partial charge in [0.2, 0.25) is 0 Å². The molecule has 5 nitrogen and oxygen atoms in total. The number of nitrogens with zero attached hydrogens (tertiary/aromatic N) is 1. The molecule has 0 fully saturated rings. The summed E-state index contributed by atoms with van der Waals surface area (Å²) in [5.74, 6) is 0.608. The van der Waals surface area contributed by atoms with Gasteiger partial charge in [0.25, 0.3) is 0 Å². The molecule has 0 saturated carbocycles. The van der Waals surface area contributed by atoms with Gasteiger partial charge in [-0.25, -0.2) is 0 Å². The van der Waals surface area contributed by atoms with Gasteiger partial charge in [0.15, 0.2) is 5.75 Å². The van der Waals surface area contributed by atoms with E-state index in [2.05, 4.69) is 0 Å². The number of nitrogen functional groups attached to an aromatic ring is 1. The second kappa shape index (κ2) is 6.98. The highest BCUT2D eigenvalue weighted by atomic mass is 16.5. The van der Waals surface area contributed by atoms with Crippen molar-refractivity contribution in [2.24, 2.45) is 0 Å². The number of nitrogens with two attached hydrogens (primary N) is 1. The van der Waals surface area contributed by atoms with E-state index in [1.54, 1.807) is 6.07 Å². The minimum absolute atomic E-state index is 0.0143. The summed E-state index contributed by atoms with van der Waals surface area (Å²) >= 11 is 0. The molecule has 96 valence electrons. The zero-order valence-electron chi connectivity index (χ0n) is 10.1. The lowest BCUT2D eigenvalue weighted by atomic mass is 10.2. The van der Waals surface area contributed by atoms with Gasteiger partial charge in [-0.3, -0.25) is 0 Å². The molecule has 17 heavy (non-hydrogen) atoms. The lowest BCUT2D eigenvalue weighted by molar-refractivity contribution is 0.279. The van der Waals surface area contributed by atoms with E-state index in [0.717, 1.165) is 5.69 Å². The average Bonchev–Trinajstić information content (AvgIpc) is 2.32. The van der Waals surface area contributed by atoms with Crippen molar-refractivity contribution >= 4 is 11.4 Å². The third-order valence-corrected chi connectivity index (χ3v) is 2.39. The Morgan fingerprint density at radius 2 is 1.88 bits per heavy atom. The van der Waals surface area contributed by atoms with Crippen molar-refractivity contribution in [3.05, 3.63) is 18.2 Å². The molecule has 1 aromatic rings. The van der Waals surface area contributed by atoms with Crippen LogP contribution in [-0.2, 0) is 0 Å². The van der Waals surface area contributed by atoms with E-state index < -0.39 is 0 Å². The van der Waals surface area contributed by atoms with Crippen LogP contribution in [0.5, 0.6) is 5.75 Å². The lowest BCUT2D eigenvalue weighted by Crippen LogP contribution is -2.30. The molecular formula is C12H20N2O3. The highest BCUT2D eigenvalue weighted by Crippen LogP contribution is 2.33. The summed E-state index contributed by atoms with van der Waals surface area (Å²) in [5.41, 5.74) is 7.22. The molecule has 0 saturated heterocycles. The molecule has 4 N–H and O–H groups in total. The summed E-state index contributed by atoms with van der Waals surface area (Å²) in [6.45, 7) is 3.31. The third-order valence-electron chi connectivity index (χ3n) is 2.39. The molecule has 1 rings (SSSR count). The van der Waals surface area contributed by atoms with Crippen LogP contribution in [0.3, 0.4) is 0 Å². The number of rotatable bonds is 7. The summed E-state index contributed by atoms with van der Waals surface area (Å²) in [7, 11) is 0. The van der Waals surface area contributed by atoms with Crippen LogP contribution < -0.4 is 15.4 Å². The minimum atomic E-state index is 0.0143. The van der Waals surface area contributed by atoms with Gasteiger partial charge in [0.1, 0.15) is 0 Å². The van der Waals surface area contributed by atoms with Gasteiger partial charge in [-0.1, -0.05) is 6.07 Å². The quantitative estimate of drug-likeness (QED) is 0.603. The first-order valence-electron chi connectivity index (χ1n) is 5.72. The van der Waals surface area contributed by atoms with E-state index in [9.17, 15) is 0 Å². The second-order valence-corrected chi connectivity index (χ2v) is 3.56. The molecule has 0 aliphatic rings. The van der Waals surface area contributed by atoms with E-state index in [1.165, 1.54) is 0 Å². The fourth-order valence-electron chi connectivity index (χ4n) is 1.69. The molecular weight excluding hydrogens is 220 g/mol. The van der Waals surface area contributed by atoms with Gasteiger partial charge in [0, 0.05) is 13.1 Å². The average molecular weight is 240 g/mol. The summed E-state index contributed by atoms with van der Waals surface area (Å²) in [5, 5.41) is 18.0. The number of ether oxygens (including phenoxy) is 1. The number of aliphatic hydroxyl groups excluding tert-OH is 2. The predicted molar refractivity (Wildman–Crippen MR) is 68.4 cm³/mol. The number of hydrogen-bond acceptors (Lipinski definition) is 5. The zero-order chi connectivity index (χ0) is 12.7. The van der Waals surface area contributed by atoms with Crippen LogP contribution in [0.1, 0.15) is 6.92 Å². The van der Waals surface area contributed by atoms with Gasteiger partial charge in [0.05, 0.1) is 31.2 Å². The maximum Gasteiger partial charge on any atom is 0.165 e. The van der Waals surface area contributed by atoms with Gasteiger partial charge < -0.3 is 25.6 Å². The molecule has 0 unspecified atom stereocenters. The number of para-hydroxylation sites is 1. The number of aliphatic hydroxyl groups is 2. The molecule has 0 bridgehead atoms. The molecule has 1 aromatic carbocycles. The molecule has 0 aromatic heterocycles. The molecule has 0 heterocycles. The van der Waals surface area contributed by atoms with Crippen molar-refractivity contribution in [1.82, 2.24) is 0 Å². The van der Waals surface area contributed by atoms with E-state index in [4.69, 9.17) is 20.7 Å². The summed E-state index contributed by atoms with van der Waals surface area (Å²) < 4.78 is 5.51. The zero-order valence-corrected chi connectivity index (χ0v) is 10.1. The summed E-state index contributed by atoms with van der Waals surface area (Å²) in [6, 6.07) is 5.46. The lowest BCUT2D eigenvalue weighted by Gasteiger charge is -2.25. The van der Waals surface area contributed by atoms with Crippen molar-refractivity contribution < 1.29 is 14.9 Å². The maximum atomic E-state index is 9.02. The fraction of sp³-hybridized carbons (Fsp3) is 0.500. The number of hydrogen-bond donors (Lipinski definition) is 3. The number of benzene rings is 1. The van der Waals surface area contributed by atoms with E-state index in [0.29, 0.717) is 31.1 Å². The Kier molecular flexibility index (Phi) is 5.59. The van der Waals surface area contributed by atoms with Crippen LogP contribution in [0.15, 0.2) is 18.2 Å². The monoisotopic (exact) mass is 240 g/mol. The van der Waals surface area contributed by atoms with Crippen LogP contribution in [0.25, 0.3) is 0 Å². The highest BCUT2D eigenvalue weighted by Gasteiger charge is 2.13. The Labute approximate surface area is 101 Å². The van der Waals surface area contributed by atoms with Gasteiger partial charge in [-0.05, 0) is 19.1 Å². The molecule has 0 aliphatic heterocycles. The van der Waals surface area contributed by atoms with Gasteiger partial charge in [-0.2, -0.15) is 0 Å². The first-order valence-corrected chi connectivity index (χ1v) is 5.72. The van der Waals surface area contributed by atoms with Crippen LogP contribution in [0.4, 0.5) is 11.4 Å². The van der Waals surface area contributed by atoms with Crippen molar-refractivity contribution in [3.8, 4) is 5.75 Å². The Morgan fingerprint density at radius 3 is 2.41 bits per heavy atom. The molecule has 0 radical (unpaired) electrons. The van der Waals surface area contributed by atoms with E-state index >= 15 is 0 Å². The Hall–Kier alpha value is -1.46. The Morgan fingerprint density at radius 1 is 1.24 bits per heavy atom. The predicted octanol–water partition coefficient (Wildman–Crippen LogP) is 0.458. The van der Waals surface area contributed by atoms with Crippen molar-refractivity contribution in [1.29, 1.82) is 0 Å². The summed E-state index contributed by atoms with van der Waals surface area (Å²) in [6.07, 6.45) is 0. The Bertz CT molecular complexity index is 339. The van der Waals surface area contributed by atoms with E-state index in [1.807, 2.05) is 24.0 Å². The van der Waals surface area contributed by atoms with E-state index in [-0.39, 0.29) is 13.2 Å². The molecule has 0 aliphatic carbocycles. The normalized spacial score (nSPS) is 10.3. The molecule has 5 heteroatoms. The van der Waals surface area contributed by atoms with Crippen molar-refractivity contribution in [2.45, 2.75) is 6.92 Å². The van der Waals surface area contributed by atoms with Crippen LogP contribution in [0.2, 0.25) is 0 Å². The molecule has 0 atom stereocenters. The van der Waals surface area contributed by atoms with Crippen molar-refractivity contribution in [3.63, 3.8) is 0 Å². The first kappa shape index (κ1) is 13.6. The third kappa shape index (κ3) is 3.51. The van der Waals surface area contributed by atoms with Crippen molar-refractivity contribution in [2.75, 3.05) is 43.5 Å². The number of anilines is 2. The Balaban J connectivity index is 3.03. The summed E-state index contributed by atoms with van der Waals surface area (Å²) in [4.78, 5) is 1.85. The second-order valence-electron chi connectivity index (χ2n) is 3.56. The van der Waals surface area contributed by atoms with Crippen LogP contribution in [-0.4, -0.2) is 43.1 Å². The standard InChI is InChI=1S/C12H20N2O3/c1-2-17-12-10(13)4-3-5-11(12)14(6-8-15)7-9-16/h3-5,15-16H,2,6-9,13H2,1H3. The maximum absolute atomic E-state index is 9.02. The topological polar surface area (TPSA) is 79.0 Å². The van der Waals surface area contributed by atoms with Crippen LogP contribution in [0, 0.1) is 0 Å². The van der Waals surface area contributed by atoms with Gasteiger partial charge in [-0.15, -0.1) is 0 Å². The SMILES string of the molecule is CCOc1c(N)cccc1N(CCO)CCO. The first-order chi connectivity index (χ1) is 8.24. The fourth-order valence-corrected chi connectivity index (χ4v) is 1.69.